The van der Waals surface area contributed by atoms with Crippen LogP contribution in [0.5, 0.6) is 5.75 Å². The van der Waals surface area contributed by atoms with Crippen molar-refractivity contribution in [2.75, 3.05) is 36.5 Å². The number of nitrogens with zero attached hydrogens (tertiary/aromatic N) is 1. The number of nitrogens with one attached hydrogen (secondary N) is 1. The quantitative estimate of drug-likeness (QED) is 0.710. The number of morpholine rings is 1. The van der Waals surface area contributed by atoms with Gasteiger partial charge in [-0.05, 0) is 42.5 Å². The van der Waals surface area contributed by atoms with Crippen LogP contribution < -0.4 is 15.0 Å². The fourth-order valence-electron chi connectivity index (χ4n) is 2.89. The van der Waals surface area contributed by atoms with Gasteiger partial charge in [0.15, 0.2) is 0 Å². The molecule has 3 rings (SSSR count). The van der Waals surface area contributed by atoms with Gasteiger partial charge in [0, 0.05) is 18.7 Å². The lowest BCUT2D eigenvalue weighted by molar-refractivity contribution is -0.274. The van der Waals surface area contributed by atoms with Crippen molar-refractivity contribution < 1.29 is 40.6 Å². The molecule has 11 heteroatoms. The number of rotatable bonds is 4. The standard InChI is InChI=1S/C19H16F6N2O3/c20-18(21,22)13-3-6-16(27-7-9-29-10-8-27)15(11-13)26-17(28)12-1-4-14(5-2-12)30-19(23,24)25/h1-6,11H,7-10H2,(H,26,28). The average Bonchev–Trinajstić information content (AvgIpc) is 2.67. The van der Waals surface area contributed by atoms with E-state index in [0.717, 1.165) is 36.4 Å². The predicted molar refractivity (Wildman–Crippen MR) is 95.6 cm³/mol. The minimum absolute atomic E-state index is 0.0464. The molecule has 1 aliphatic heterocycles. The molecule has 0 radical (unpaired) electrons. The van der Waals surface area contributed by atoms with Crippen LogP contribution in [-0.4, -0.2) is 38.6 Å². The third kappa shape index (κ3) is 5.56. The Hall–Kier alpha value is -2.95. The van der Waals surface area contributed by atoms with E-state index in [9.17, 15) is 31.1 Å². The molecule has 2 aromatic carbocycles. The van der Waals surface area contributed by atoms with Crippen molar-refractivity contribution in [1.29, 1.82) is 0 Å². The van der Waals surface area contributed by atoms with Crippen LogP contribution >= 0.6 is 0 Å². The second-order valence-electron chi connectivity index (χ2n) is 6.36. The summed E-state index contributed by atoms with van der Waals surface area (Å²) in [7, 11) is 0. The smallest absolute Gasteiger partial charge is 0.406 e. The summed E-state index contributed by atoms with van der Waals surface area (Å²) in [4.78, 5) is 14.3. The van der Waals surface area contributed by atoms with Crippen molar-refractivity contribution in [3.05, 3.63) is 53.6 Å². The van der Waals surface area contributed by atoms with E-state index >= 15 is 0 Å². The van der Waals surface area contributed by atoms with E-state index in [1.807, 2.05) is 0 Å². The van der Waals surface area contributed by atoms with Gasteiger partial charge in [-0.1, -0.05) is 0 Å². The number of amides is 1. The van der Waals surface area contributed by atoms with Crippen molar-refractivity contribution in [2.24, 2.45) is 0 Å². The van der Waals surface area contributed by atoms with Gasteiger partial charge in [0.25, 0.3) is 5.91 Å². The van der Waals surface area contributed by atoms with E-state index in [0.29, 0.717) is 32.0 Å². The van der Waals surface area contributed by atoms with E-state index in [1.54, 1.807) is 4.90 Å². The van der Waals surface area contributed by atoms with Crippen LogP contribution in [0.15, 0.2) is 42.5 Å². The molecule has 1 aliphatic rings. The first-order valence-electron chi connectivity index (χ1n) is 8.74. The summed E-state index contributed by atoms with van der Waals surface area (Å²) in [5, 5.41) is 2.42. The van der Waals surface area contributed by atoms with Gasteiger partial charge in [-0.15, -0.1) is 13.2 Å². The maximum Gasteiger partial charge on any atom is 0.573 e. The normalized spacial score (nSPS) is 15.1. The number of benzene rings is 2. The zero-order valence-corrected chi connectivity index (χ0v) is 15.3. The second kappa shape index (κ2) is 8.42. The summed E-state index contributed by atoms with van der Waals surface area (Å²) < 4.78 is 85.1. The van der Waals surface area contributed by atoms with Crippen molar-refractivity contribution >= 4 is 17.3 Å². The predicted octanol–water partition coefficient (Wildman–Crippen LogP) is 4.69. The van der Waals surface area contributed by atoms with Crippen LogP contribution in [0.1, 0.15) is 15.9 Å². The minimum atomic E-state index is -4.88. The highest BCUT2D eigenvalue weighted by Crippen LogP contribution is 2.36. The summed E-state index contributed by atoms with van der Waals surface area (Å²) in [5.74, 6) is -1.30. The number of anilines is 2. The number of hydrogen-bond donors (Lipinski definition) is 1. The summed E-state index contributed by atoms with van der Waals surface area (Å²) in [6.45, 7) is 1.62. The molecule has 1 heterocycles. The highest BCUT2D eigenvalue weighted by Gasteiger charge is 2.32. The highest BCUT2D eigenvalue weighted by atomic mass is 19.4. The van der Waals surface area contributed by atoms with Crippen molar-refractivity contribution in [3.8, 4) is 5.75 Å². The Bertz CT molecular complexity index is 891. The first kappa shape index (κ1) is 21.8. The number of carbonyl (C=O) groups excluding carboxylic acids is 1. The summed E-state index contributed by atoms with van der Waals surface area (Å²) in [6, 6.07) is 7.06. The summed E-state index contributed by atoms with van der Waals surface area (Å²) in [6.07, 6.45) is -9.49. The number of alkyl halides is 6. The molecular weight excluding hydrogens is 418 g/mol. The Morgan fingerprint density at radius 3 is 2.17 bits per heavy atom. The largest absolute Gasteiger partial charge is 0.573 e. The van der Waals surface area contributed by atoms with Gasteiger partial charge in [-0.3, -0.25) is 4.79 Å². The Balaban J connectivity index is 1.85. The van der Waals surface area contributed by atoms with Crippen LogP contribution in [0.25, 0.3) is 0 Å². The van der Waals surface area contributed by atoms with Gasteiger partial charge in [-0.2, -0.15) is 13.2 Å². The first-order valence-corrected chi connectivity index (χ1v) is 8.74. The molecule has 1 amide bonds. The fourth-order valence-corrected chi connectivity index (χ4v) is 2.89. The molecule has 0 aromatic heterocycles. The zero-order valence-electron chi connectivity index (χ0n) is 15.3. The lowest BCUT2D eigenvalue weighted by atomic mass is 10.1. The van der Waals surface area contributed by atoms with Crippen molar-refractivity contribution in [1.82, 2.24) is 0 Å². The maximum absolute atomic E-state index is 13.1. The molecule has 1 saturated heterocycles. The second-order valence-corrected chi connectivity index (χ2v) is 6.36. The van der Waals surface area contributed by atoms with E-state index in [2.05, 4.69) is 10.1 Å². The molecule has 0 saturated carbocycles. The van der Waals surface area contributed by atoms with Gasteiger partial charge in [0.05, 0.1) is 30.2 Å². The van der Waals surface area contributed by atoms with E-state index in [4.69, 9.17) is 4.74 Å². The lowest BCUT2D eigenvalue weighted by Crippen LogP contribution is -2.36. The number of hydrogen-bond acceptors (Lipinski definition) is 4. The van der Waals surface area contributed by atoms with Crippen LogP contribution in [0.3, 0.4) is 0 Å². The molecule has 0 unspecified atom stereocenters. The number of halogens is 6. The molecule has 2 aromatic rings. The topological polar surface area (TPSA) is 50.8 Å². The summed E-state index contributed by atoms with van der Waals surface area (Å²) >= 11 is 0. The lowest BCUT2D eigenvalue weighted by Gasteiger charge is -2.31. The Morgan fingerprint density at radius 1 is 0.967 bits per heavy atom. The molecule has 1 N–H and O–H groups in total. The number of ether oxygens (including phenoxy) is 2. The molecule has 5 nitrogen and oxygen atoms in total. The minimum Gasteiger partial charge on any atom is -0.406 e. The molecular formula is C19H16F6N2O3. The maximum atomic E-state index is 13.1. The third-order valence-corrected chi connectivity index (χ3v) is 4.27. The van der Waals surface area contributed by atoms with Gasteiger partial charge in [-0.25, -0.2) is 0 Å². The van der Waals surface area contributed by atoms with Gasteiger partial charge < -0.3 is 19.7 Å². The van der Waals surface area contributed by atoms with Crippen molar-refractivity contribution in [2.45, 2.75) is 12.5 Å². The SMILES string of the molecule is O=C(Nc1cc(C(F)(F)F)ccc1N1CCOCC1)c1ccc(OC(F)(F)F)cc1. The van der Waals surface area contributed by atoms with Gasteiger partial charge >= 0.3 is 12.5 Å². The fraction of sp³-hybridized carbons (Fsp3) is 0.316. The van der Waals surface area contributed by atoms with Gasteiger partial charge in [0.2, 0.25) is 0 Å². The van der Waals surface area contributed by atoms with Crippen LogP contribution in [0, 0.1) is 0 Å². The Morgan fingerprint density at radius 2 is 1.60 bits per heavy atom. The molecule has 162 valence electrons. The van der Waals surface area contributed by atoms with Crippen LogP contribution in [-0.2, 0) is 10.9 Å². The van der Waals surface area contributed by atoms with E-state index in [-0.39, 0.29) is 11.3 Å². The third-order valence-electron chi connectivity index (χ3n) is 4.27. The van der Waals surface area contributed by atoms with Gasteiger partial charge in [0.1, 0.15) is 5.75 Å². The summed E-state index contributed by atoms with van der Waals surface area (Å²) in [5.41, 5.74) is -0.664. The Labute approximate surface area is 167 Å². The Kier molecular flexibility index (Phi) is 6.11. The molecule has 30 heavy (non-hydrogen) atoms. The van der Waals surface area contributed by atoms with Crippen LogP contribution in [0.4, 0.5) is 37.7 Å². The monoisotopic (exact) mass is 434 g/mol. The van der Waals surface area contributed by atoms with E-state index < -0.39 is 29.8 Å². The highest BCUT2D eigenvalue weighted by molar-refractivity contribution is 6.06. The molecule has 0 aliphatic carbocycles. The molecule has 0 spiro atoms. The molecule has 0 atom stereocenters. The van der Waals surface area contributed by atoms with Crippen molar-refractivity contribution in [3.63, 3.8) is 0 Å². The molecule has 1 fully saturated rings. The zero-order chi connectivity index (χ0) is 21.9. The van der Waals surface area contributed by atoms with E-state index in [1.165, 1.54) is 6.07 Å². The average molecular weight is 434 g/mol. The number of carbonyl (C=O) groups is 1. The van der Waals surface area contributed by atoms with Crippen LogP contribution in [0.2, 0.25) is 0 Å². The first-order chi connectivity index (χ1) is 14.0. The molecule has 0 bridgehead atoms.